The number of likely N-dealkylation sites (N-methyl/N-ethyl adjacent to an activating group) is 1. The largest absolute Gasteiger partial charge is 0.355 e. The van der Waals surface area contributed by atoms with Crippen LogP contribution in [0.2, 0.25) is 0 Å². The summed E-state index contributed by atoms with van der Waals surface area (Å²) in [7, 11) is 0. The van der Waals surface area contributed by atoms with E-state index in [0.717, 1.165) is 18.8 Å². The minimum Gasteiger partial charge on any atom is -0.355 e. The Morgan fingerprint density at radius 2 is 2.43 bits per heavy atom. The van der Waals surface area contributed by atoms with Crippen molar-refractivity contribution in [1.82, 2.24) is 10.6 Å². The Morgan fingerprint density at radius 1 is 1.71 bits per heavy atom. The molecule has 0 bridgehead atoms. The minimum atomic E-state index is -0.0286. The quantitative estimate of drug-likeness (QED) is 0.605. The highest BCUT2D eigenvalue weighted by molar-refractivity contribution is 5.98. The highest BCUT2D eigenvalue weighted by Crippen LogP contribution is 2.06. The summed E-state index contributed by atoms with van der Waals surface area (Å²) in [6, 6.07) is 0. The lowest BCUT2D eigenvalue weighted by Crippen LogP contribution is -2.46. The Bertz CT molecular complexity index is 244. The number of hydrogen-bond donors (Lipinski definition) is 2. The molecule has 2 N–H and O–H groups in total. The fourth-order valence-corrected chi connectivity index (χ4v) is 1.27. The van der Waals surface area contributed by atoms with E-state index in [0.29, 0.717) is 12.5 Å². The van der Waals surface area contributed by atoms with Crippen LogP contribution in [0, 0.1) is 5.92 Å². The third-order valence-electron chi connectivity index (χ3n) is 2.19. The number of carbonyl (C=O) groups excluding carboxylic acids is 1. The lowest BCUT2D eigenvalue weighted by Gasteiger charge is -2.27. The summed E-state index contributed by atoms with van der Waals surface area (Å²) in [5, 5.41) is 5.86. The number of carbonyl (C=O) groups is 1. The molecule has 0 atom stereocenters. The molecular formula is C10H17N3O. The van der Waals surface area contributed by atoms with Gasteiger partial charge in [-0.15, -0.1) is 0 Å². The Kier molecular flexibility index (Phi) is 4.32. The molecule has 0 aromatic rings. The summed E-state index contributed by atoms with van der Waals surface area (Å²) >= 11 is 0. The van der Waals surface area contributed by atoms with Crippen LogP contribution in [-0.2, 0) is 4.79 Å². The molecule has 4 nitrogen and oxygen atoms in total. The second-order valence-electron chi connectivity index (χ2n) is 3.25. The third kappa shape index (κ3) is 2.96. The highest BCUT2D eigenvalue weighted by Gasteiger charge is 2.20. The average Bonchev–Trinajstić information content (AvgIpc) is 2.09. The van der Waals surface area contributed by atoms with Gasteiger partial charge in [-0.3, -0.25) is 9.79 Å². The Morgan fingerprint density at radius 3 is 2.86 bits per heavy atom. The lowest BCUT2D eigenvalue weighted by atomic mass is 9.97. The summed E-state index contributed by atoms with van der Waals surface area (Å²) < 4.78 is 0. The first-order valence-electron chi connectivity index (χ1n) is 4.92. The standard InChI is InChI=1S/C10H17N3O/c1-3-9(8-5-11-6-8)13-7-10(14)12-4-2/h3,8,11H,1,4-7H2,2H3,(H,12,14)/b13-9+. The van der Waals surface area contributed by atoms with Crippen molar-refractivity contribution < 1.29 is 4.79 Å². The van der Waals surface area contributed by atoms with E-state index >= 15 is 0 Å². The third-order valence-corrected chi connectivity index (χ3v) is 2.19. The van der Waals surface area contributed by atoms with Gasteiger partial charge in [-0.2, -0.15) is 0 Å². The molecule has 1 rings (SSSR count). The molecule has 0 saturated carbocycles. The van der Waals surface area contributed by atoms with Crippen molar-refractivity contribution in [3.63, 3.8) is 0 Å². The molecule has 1 amide bonds. The predicted molar refractivity (Wildman–Crippen MR) is 57.5 cm³/mol. The summed E-state index contributed by atoms with van der Waals surface area (Å²) in [5.74, 6) is 0.418. The summed E-state index contributed by atoms with van der Waals surface area (Å²) in [6.07, 6.45) is 1.74. The number of amides is 1. The molecule has 78 valence electrons. The van der Waals surface area contributed by atoms with Gasteiger partial charge < -0.3 is 10.6 Å². The van der Waals surface area contributed by atoms with E-state index in [9.17, 15) is 4.79 Å². The van der Waals surface area contributed by atoms with Gasteiger partial charge in [0.1, 0.15) is 6.54 Å². The zero-order chi connectivity index (χ0) is 10.4. The van der Waals surface area contributed by atoms with E-state index in [4.69, 9.17) is 0 Å². The molecule has 1 fully saturated rings. The zero-order valence-corrected chi connectivity index (χ0v) is 8.55. The van der Waals surface area contributed by atoms with Crippen LogP contribution < -0.4 is 10.6 Å². The number of allylic oxidation sites excluding steroid dienone is 1. The van der Waals surface area contributed by atoms with Crippen LogP contribution in [0.25, 0.3) is 0 Å². The first kappa shape index (κ1) is 10.9. The Balaban J connectivity index is 2.39. The van der Waals surface area contributed by atoms with Gasteiger partial charge in [-0.05, 0) is 13.0 Å². The Hall–Kier alpha value is -1.16. The molecule has 0 unspecified atom stereocenters. The van der Waals surface area contributed by atoms with Crippen molar-refractivity contribution in [3.8, 4) is 0 Å². The van der Waals surface area contributed by atoms with Gasteiger partial charge in [0.15, 0.2) is 0 Å². The van der Waals surface area contributed by atoms with E-state index in [-0.39, 0.29) is 12.5 Å². The molecule has 4 heteroatoms. The van der Waals surface area contributed by atoms with E-state index in [1.165, 1.54) is 0 Å². The molecule has 14 heavy (non-hydrogen) atoms. The first-order valence-corrected chi connectivity index (χ1v) is 4.92. The number of nitrogens with zero attached hydrogens (tertiary/aromatic N) is 1. The molecule has 0 radical (unpaired) electrons. The molecular weight excluding hydrogens is 178 g/mol. The van der Waals surface area contributed by atoms with Gasteiger partial charge in [-0.25, -0.2) is 0 Å². The number of aliphatic imine (C=N–C) groups is 1. The number of hydrogen-bond acceptors (Lipinski definition) is 3. The predicted octanol–water partition coefficient (Wildman–Crippen LogP) is -0.0311. The maximum Gasteiger partial charge on any atom is 0.241 e. The van der Waals surface area contributed by atoms with Gasteiger partial charge in [0.25, 0.3) is 0 Å². The van der Waals surface area contributed by atoms with Crippen LogP contribution >= 0.6 is 0 Å². The smallest absolute Gasteiger partial charge is 0.241 e. The molecule has 0 aromatic heterocycles. The first-order chi connectivity index (χ1) is 6.77. The van der Waals surface area contributed by atoms with Crippen molar-refractivity contribution in [3.05, 3.63) is 12.7 Å². The summed E-state index contributed by atoms with van der Waals surface area (Å²) in [6.45, 7) is 8.35. The number of nitrogens with one attached hydrogen (secondary N) is 2. The highest BCUT2D eigenvalue weighted by atomic mass is 16.1. The second-order valence-corrected chi connectivity index (χ2v) is 3.25. The van der Waals surface area contributed by atoms with Crippen molar-refractivity contribution in [2.45, 2.75) is 6.92 Å². The minimum absolute atomic E-state index is 0.0286. The van der Waals surface area contributed by atoms with E-state index < -0.39 is 0 Å². The summed E-state index contributed by atoms with van der Waals surface area (Å²) in [4.78, 5) is 15.4. The maximum atomic E-state index is 11.1. The van der Waals surface area contributed by atoms with Gasteiger partial charge in [0.05, 0.1) is 0 Å². The van der Waals surface area contributed by atoms with Crippen molar-refractivity contribution in [1.29, 1.82) is 0 Å². The molecule has 1 heterocycles. The van der Waals surface area contributed by atoms with E-state index in [1.807, 2.05) is 6.92 Å². The fourth-order valence-electron chi connectivity index (χ4n) is 1.27. The monoisotopic (exact) mass is 195 g/mol. The van der Waals surface area contributed by atoms with Crippen molar-refractivity contribution >= 4 is 11.6 Å². The van der Waals surface area contributed by atoms with Gasteiger partial charge in [-0.1, -0.05) is 6.58 Å². The van der Waals surface area contributed by atoms with Crippen molar-refractivity contribution in [2.75, 3.05) is 26.2 Å². The lowest BCUT2D eigenvalue weighted by molar-refractivity contribution is -0.119. The molecule has 1 saturated heterocycles. The van der Waals surface area contributed by atoms with E-state index in [1.54, 1.807) is 6.08 Å². The normalized spacial score (nSPS) is 17.4. The van der Waals surface area contributed by atoms with Crippen LogP contribution in [0.1, 0.15) is 6.92 Å². The molecule has 0 aliphatic carbocycles. The van der Waals surface area contributed by atoms with Crippen LogP contribution in [0.15, 0.2) is 17.6 Å². The number of rotatable bonds is 5. The zero-order valence-electron chi connectivity index (χ0n) is 8.55. The van der Waals surface area contributed by atoms with Gasteiger partial charge >= 0.3 is 0 Å². The molecule has 1 aliphatic heterocycles. The SMILES string of the molecule is C=C/C(=N\CC(=O)NCC)C1CNC1. The topological polar surface area (TPSA) is 53.5 Å². The van der Waals surface area contributed by atoms with Gasteiger partial charge in [0, 0.05) is 31.3 Å². The van der Waals surface area contributed by atoms with Crippen molar-refractivity contribution in [2.24, 2.45) is 10.9 Å². The van der Waals surface area contributed by atoms with Crippen LogP contribution in [-0.4, -0.2) is 37.8 Å². The van der Waals surface area contributed by atoms with Crippen LogP contribution in [0.5, 0.6) is 0 Å². The van der Waals surface area contributed by atoms with Gasteiger partial charge in [0.2, 0.25) is 5.91 Å². The fraction of sp³-hybridized carbons (Fsp3) is 0.600. The maximum absolute atomic E-state index is 11.1. The molecule has 0 spiro atoms. The molecule has 0 aromatic carbocycles. The van der Waals surface area contributed by atoms with Crippen LogP contribution in [0.4, 0.5) is 0 Å². The Labute approximate surface area is 84.5 Å². The second kappa shape index (κ2) is 5.54. The van der Waals surface area contributed by atoms with E-state index in [2.05, 4.69) is 22.2 Å². The average molecular weight is 195 g/mol. The van der Waals surface area contributed by atoms with Crippen LogP contribution in [0.3, 0.4) is 0 Å². The summed E-state index contributed by atoms with van der Waals surface area (Å²) in [5.41, 5.74) is 0.940. The molecule has 1 aliphatic rings.